The molecule has 3 atom stereocenters. The number of pyridine rings is 1. The number of hydrogen-bond donors (Lipinski definition) is 7. The normalized spacial score (nSPS) is 27.6. The van der Waals surface area contributed by atoms with Gasteiger partial charge in [0.25, 0.3) is 5.91 Å². The fourth-order valence-corrected chi connectivity index (χ4v) is 5.73. The average molecular weight is 542 g/mol. The molecule has 2 aromatic heterocycles. The molecular weight excluding hydrogens is 506 g/mol. The Morgan fingerprint density at radius 2 is 1.90 bits per heavy atom. The maximum atomic E-state index is 12.9. The molecule has 7 N–H and O–H groups in total. The second-order valence-corrected chi connectivity index (χ2v) is 12.0. The van der Waals surface area contributed by atoms with Crippen LogP contribution in [0, 0.1) is 16.7 Å². The highest BCUT2D eigenvalue weighted by Crippen LogP contribution is 2.48. The third-order valence-electron chi connectivity index (χ3n) is 7.40. The summed E-state index contributed by atoms with van der Waals surface area (Å²) in [6.45, 7) is 8.56. The molecule has 3 unspecified atom stereocenters. The Kier molecular flexibility index (Phi) is 7.12. The topological polar surface area (TPSA) is 205 Å². The number of aliphatic hydroxyl groups excluding tert-OH is 3. The maximum Gasteiger partial charge on any atom is 0.291 e. The van der Waals surface area contributed by atoms with E-state index in [1.54, 1.807) is 26.8 Å². The number of hydrogen-bond acceptors (Lipinski definition) is 10. The van der Waals surface area contributed by atoms with Gasteiger partial charge in [-0.2, -0.15) is 5.26 Å². The van der Waals surface area contributed by atoms with Gasteiger partial charge in [0.1, 0.15) is 17.9 Å². The number of anilines is 1. The highest BCUT2D eigenvalue weighted by molar-refractivity contribution is 6.03. The smallest absolute Gasteiger partial charge is 0.291 e. The van der Waals surface area contributed by atoms with E-state index in [1.165, 1.54) is 12.3 Å². The van der Waals surface area contributed by atoms with Crippen molar-refractivity contribution in [3.63, 3.8) is 0 Å². The number of nitrogens with zero attached hydrogens (tertiary/aromatic N) is 3. The molecule has 0 radical (unpaired) electrons. The van der Waals surface area contributed by atoms with Gasteiger partial charge in [0.2, 0.25) is 5.79 Å². The van der Waals surface area contributed by atoms with Gasteiger partial charge in [-0.3, -0.25) is 9.78 Å². The molecule has 0 spiro atoms. The van der Waals surface area contributed by atoms with Gasteiger partial charge in [0.15, 0.2) is 11.5 Å². The largest absolute Gasteiger partial charge is 0.512 e. The zero-order valence-electron chi connectivity index (χ0n) is 22.6. The van der Waals surface area contributed by atoms with Crippen LogP contribution in [0.15, 0.2) is 24.1 Å². The molecule has 1 amide bonds. The maximum absolute atomic E-state index is 12.9. The third kappa shape index (κ3) is 5.41. The molecule has 1 aliphatic heterocycles. The standard InChI is InChI=1S/C27H35N5O7/c1-24(2)10-18(34)19(27(37,38)23(24)36)20-17(32-22(35)21-29-12-15(11-28)30-21)7-6-16(31-20)14-8-25(3,4)39-26(5,9-14)13-33/h6-7,12,14,23,33-34,36-38H,8-10,13H2,1-5H3,(H,29,30)(H,32,35). The molecule has 12 nitrogen and oxygen atoms in total. The zero-order chi connectivity index (χ0) is 29.0. The van der Waals surface area contributed by atoms with Gasteiger partial charge in [-0.15, -0.1) is 0 Å². The number of allylic oxidation sites excluding steroid dienone is 1. The van der Waals surface area contributed by atoms with Crippen LogP contribution < -0.4 is 5.32 Å². The van der Waals surface area contributed by atoms with Crippen LogP contribution in [0.4, 0.5) is 5.69 Å². The Balaban J connectivity index is 1.84. The van der Waals surface area contributed by atoms with Crippen molar-refractivity contribution in [3.05, 3.63) is 47.0 Å². The minimum Gasteiger partial charge on any atom is -0.512 e. The molecule has 4 rings (SSSR count). The average Bonchev–Trinajstić information content (AvgIpc) is 3.32. The summed E-state index contributed by atoms with van der Waals surface area (Å²) in [6.07, 6.45) is 0.449. The number of carbonyl (C=O) groups excluding carboxylic acids is 1. The van der Waals surface area contributed by atoms with Crippen molar-refractivity contribution in [2.24, 2.45) is 5.41 Å². The van der Waals surface area contributed by atoms with Crippen LogP contribution in [0.25, 0.3) is 5.57 Å². The van der Waals surface area contributed by atoms with E-state index in [4.69, 9.17) is 15.0 Å². The lowest BCUT2D eigenvalue weighted by atomic mass is 9.70. The van der Waals surface area contributed by atoms with Crippen molar-refractivity contribution < 1.29 is 35.1 Å². The summed E-state index contributed by atoms with van der Waals surface area (Å²) in [5.74, 6) is -4.41. The first-order valence-corrected chi connectivity index (χ1v) is 12.7. The molecule has 1 aliphatic carbocycles. The highest BCUT2D eigenvalue weighted by Gasteiger charge is 2.53. The second kappa shape index (κ2) is 9.69. The summed E-state index contributed by atoms with van der Waals surface area (Å²) < 4.78 is 6.10. The second-order valence-electron chi connectivity index (χ2n) is 12.0. The van der Waals surface area contributed by atoms with E-state index in [0.717, 1.165) is 0 Å². The van der Waals surface area contributed by atoms with Gasteiger partial charge in [0.05, 0.1) is 34.8 Å². The van der Waals surface area contributed by atoms with Crippen LogP contribution in [0.5, 0.6) is 0 Å². The van der Waals surface area contributed by atoms with Crippen LogP contribution >= 0.6 is 0 Å². The lowest BCUT2D eigenvalue weighted by Crippen LogP contribution is -2.54. The molecule has 0 saturated carbocycles. The molecule has 2 aliphatic rings. The first kappa shape index (κ1) is 28.7. The SMILES string of the molecule is CC1(C)CC(c2ccc(NC(=O)c3nc(C#N)c[nH]3)c(C3=C(O)CC(C)(C)C(O)C3(O)O)n2)CC(C)(CO)O1. The Morgan fingerprint density at radius 1 is 1.21 bits per heavy atom. The monoisotopic (exact) mass is 541 g/mol. The Bertz CT molecular complexity index is 1360. The van der Waals surface area contributed by atoms with E-state index in [1.807, 2.05) is 19.9 Å². The van der Waals surface area contributed by atoms with Crippen molar-refractivity contribution >= 4 is 17.2 Å². The minimum absolute atomic E-state index is 0.00521. The molecule has 0 bridgehead atoms. The fourth-order valence-electron chi connectivity index (χ4n) is 5.73. The summed E-state index contributed by atoms with van der Waals surface area (Å²) in [4.78, 5) is 24.1. The first-order valence-electron chi connectivity index (χ1n) is 12.7. The lowest BCUT2D eigenvalue weighted by Gasteiger charge is -2.46. The van der Waals surface area contributed by atoms with Crippen LogP contribution in [-0.4, -0.2) is 76.1 Å². The molecular formula is C27H35N5O7. The number of H-pyrrole nitrogens is 1. The molecule has 39 heavy (non-hydrogen) atoms. The van der Waals surface area contributed by atoms with Crippen LogP contribution in [0.2, 0.25) is 0 Å². The van der Waals surface area contributed by atoms with E-state index >= 15 is 0 Å². The van der Waals surface area contributed by atoms with E-state index < -0.39 is 45.7 Å². The van der Waals surface area contributed by atoms with Crippen LogP contribution in [-0.2, 0) is 4.74 Å². The van der Waals surface area contributed by atoms with Crippen molar-refractivity contribution in [2.45, 2.75) is 82.9 Å². The summed E-state index contributed by atoms with van der Waals surface area (Å²) in [7, 11) is 0. The number of nitrogens with one attached hydrogen (secondary N) is 2. The lowest BCUT2D eigenvalue weighted by molar-refractivity contribution is -0.218. The van der Waals surface area contributed by atoms with Gasteiger partial charge in [-0.05, 0) is 45.7 Å². The molecule has 3 heterocycles. The molecule has 2 aromatic rings. The van der Waals surface area contributed by atoms with Crippen molar-refractivity contribution in [1.29, 1.82) is 5.26 Å². The number of ether oxygens (including phenoxy) is 1. The van der Waals surface area contributed by atoms with E-state index in [2.05, 4.69) is 15.3 Å². The van der Waals surface area contributed by atoms with Crippen molar-refractivity contribution in [1.82, 2.24) is 15.0 Å². The van der Waals surface area contributed by atoms with Gasteiger partial charge < -0.3 is 40.6 Å². The molecule has 210 valence electrons. The van der Waals surface area contributed by atoms with Crippen molar-refractivity contribution in [2.75, 3.05) is 11.9 Å². The predicted molar refractivity (Wildman–Crippen MR) is 139 cm³/mol. The highest BCUT2D eigenvalue weighted by atomic mass is 16.5. The summed E-state index contributed by atoms with van der Waals surface area (Å²) in [5.41, 5.74) is -2.55. The van der Waals surface area contributed by atoms with E-state index in [9.17, 15) is 30.3 Å². The zero-order valence-corrected chi connectivity index (χ0v) is 22.6. The summed E-state index contributed by atoms with van der Waals surface area (Å²) in [5, 5.41) is 65.7. The number of amides is 1. The number of aromatic amines is 1. The quantitative estimate of drug-likeness (QED) is 0.274. The molecule has 0 aromatic carbocycles. The van der Waals surface area contributed by atoms with Crippen molar-refractivity contribution in [3.8, 4) is 6.07 Å². The van der Waals surface area contributed by atoms with Gasteiger partial charge in [-0.1, -0.05) is 13.8 Å². The van der Waals surface area contributed by atoms with Gasteiger partial charge >= 0.3 is 0 Å². The third-order valence-corrected chi connectivity index (χ3v) is 7.40. The van der Waals surface area contributed by atoms with Gasteiger partial charge in [0, 0.05) is 29.6 Å². The Hall–Kier alpha value is -3.34. The molecule has 12 heteroatoms. The van der Waals surface area contributed by atoms with Crippen LogP contribution in [0.1, 0.15) is 87.5 Å². The number of rotatable bonds is 5. The Labute approximate surface area is 226 Å². The Morgan fingerprint density at radius 3 is 2.51 bits per heavy atom. The van der Waals surface area contributed by atoms with E-state index in [-0.39, 0.29) is 41.8 Å². The first-order chi connectivity index (χ1) is 18.0. The number of aliphatic hydroxyl groups is 5. The number of imidazole rings is 1. The predicted octanol–water partition coefficient (Wildman–Crippen LogP) is 2.09. The molecule has 1 fully saturated rings. The fraction of sp³-hybridized carbons (Fsp3) is 0.556. The number of aromatic nitrogens is 3. The van der Waals surface area contributed by atoms with Gasteiger partial charge in [-0.25, -0.2) is 4.98 Å². The van der Waals surface area contributed by atoms with E-state index in [0.29, 0.717) is 18.5 Å². The summed E-state index contributed by atoms with van der Waals surface area (Å²) >= 11 is 0. The summed E-state index contributed by atoms with van der Waals surface area (Å²) in [6, 6.07) is 5.01. The number of nitriles is 1. The molecule has 1 saturated heterocycles. The van der Waals surface area contributed by atoms with Crippen LogP contribution in [0.3, 0.4) is 0 Å². The number of carbonyl (C=O) groups is 1. The minimum atomic E-state index is -2.90.